The van der Waals surface area contributed by atoms with Crippen LogP contribution in [0.1, 0.15) is 0 Å². The summed E-state index contributed by atoms with van der Waals surface area (Å²) >= 11 is 0. The quantitative estimate of drug-likeness (QED) is 0.157. The van der Waals surface area contributed by atoms with E-state index in [2.05, 4.69) is 184 Å². The summed E-state index contributed by atoms with van der Waals surface area (Å²) in [4.78, 5) is 0. The molecule has 0 saturated carbocycles. The van der Waals surface area contributed by atoms with Gasteiger partial charge in [-0.25, -0.2) is 0 Å². The van der Waals surface area contributed by atoms with Gasteiger partial charge >= 0.3 is 0 Å². The van der Waals surface area contributed by atoms with Gasteiger partial charge in [0, 0.05) is 11.4 Å². The van der Waals surface area contributed by atoms with Crippen LogP contribution < -0.4 is 15.9 Å². The summed E-state index contributed by atoms with van der Waals surface area (Å²) in [6.45, 7) is 0. The van der Waals surface area contributed by atoms with E-state index in [0.29, 0.717) is 0 Å². The fraction of sp³-hybridized carbons (Fsp3) is 0. The maximum atomic E-state index is 3.62. The van der Waals surface area contributed by atoms with Crippen LogP contribution in [0.5, 0.6) is 0 Å². The van der Waals surface area contributed by atoms with Gasteiger partial charge in [-0.1, -0.05) is 158 Å². The van der Waals surface area contributed by atoms with Gasteiger partial charge in [0.25, 0.3) is 0 Å². The van der Waals surface area contributed by atoms with Crippen LogP contribution in [0.4, 0.5) is 22.7 Å². The van der Waals surface area contributed by atoms with Crippen LogP contribution in [-0.2, 0) is 0 Å². The van der Waals surface area contributed by atoms with Crippen molar-refractivity contribution in [2.75, 3.05) is 10.6 Å². The highest BCUT2D eigenvalue weighted by molar-refractivity contribution is 7.27. The maximum absolute atomic E-state index is 3.62. The average molecular weight is 675 g/mol. The predicted molar refractivity (Wildman–Crippen MR) is 223 cm³/mol. The van der Waals surface area contributed by atoms with Crippen LogP contribution >= 0.6 is 9.24 Å². The molecular weight excluding hydrogens is 636 g/mol. The number of anilines is 4. The summed E-state index contributed by atoms with van der Waals surface area (Å²) < 4.78 is 0. The lowest BCUT2D eigenvalue weighted by atomic mass is 9.93. The fourth-order valence-corrected chi connectivity index (χ4v) is 6.48. The molecule has 0 bridgehead atoms. The topological polar surface area (TPSA) is 24.1 Å². The third kappa shape index (κ3) is 8.69. The molecule has 8 aromatic rings. The Hall–Kier alpha value is -6.21. The van der Waals surface area contributed by atoms with Crippen molar-refractivity contribution >= 4 is 37.3 Å². The summed E-state index contributed by atoms with van der Waals surface area (Å²) in [6.07, 6.45) is 0. The van der Waals surface area contributed by atoms with Crippen LogP contribution in [0.25, 0.3) is 44.5 Å². The molecule has 1 atom stereocenters. The summed E-state index contributed by atoms with van der Waals surface area (Å²) in [7, 11) is 2.80. The van der Waals surface area contributed by atoms with Crippen molar-refractivity contribution in [3.8, 4) is 44.5 Å². The Kier molecular flexibility index (Phi) is 10.7. The molecule has 0 radical (unpaired) electrons. The zero-order valence-corrected chi connectivity index (χ0v) is 29.4. The van der Waals surface area contributed by atoms with Crippen LogP contribution in [0, 0.1) is 0 Å². The maximum Gasteiger partial charge on any atom is 0.0630 e. The molecule has 0 aromatic heterocycles. The van der Waals surface area contributed by atoms with Crippen LogP contribution in [0.15, 0.2) is 212 Å². The molecular formula is C48H39N2P. The van der Waals surface area contributed by atoms with E-state index in [1.165, 1.54) is 49.8 Å². The highest BCUT2D eigenvalue weighted by atomic mass is 31.0. The minimum absolute atomic E-state index is 1.03. The molecule has 2 N–H and O–H groups in total. The van der Waals surface area contributed by atoms with E-state index in [1.807, 2.05) is 48.5 Å². The van der Waals surface area contributed by atoms with Crippen molar-refractivity contribution in [2.24, 2.45) is 0 Å². The minimum Gasteiger partial charge on any atom is -0.354 e. The SMILES string of the molecule is Pc1cc(-c2ccccc2)cc(-c2ccccc2)c1.c1ccc(Nc2cc(-c3ccccc3)c(-c3ccccc3)cc2Nc2ccccc2)cc1. The van der Waals surface area contributed by atoms with Gasteiger partial charge in [-0.2, -0.15) is 0 Å². The first-order chi connectivity index (χ1) is 25.2. The second-order valence-corrected chi connectivity index (χ2v) is 12.9. The van der Waals surface area contributed by atoms with Gasteiger partial charge in [0.15, 0.2) is 0 Å². The Labute approximate surface area is 303 Å². The summed E-state index contributed by atoms with van der Waals surface area (Å²) in [5, 5.41) is 8.45. The third-order valence-corrected chi connectivity index (χ3v) is 8.94. The van der Waals surface area contributed by atoms with E-state index in [9.17, 15) is 0 Å². The molecule has 1 unspecified atom stereocenters. The molecule has 51 heavy (non-hydrogen) atoms. The molecule has 0 aliphatic rings. The van der Waals surface area contributed by atoms with Crippen molar-refractivity contribution in [2.45, 2.75) is 0 Å². The van der Waals surface area contributed by atoms with E-state index in [0.717, 1.165) is 22.7 Å². The standard InChI is InChI=1S/C30H24N2.C18H15P/c1-5-13-23(14-6-1)27-21-29(31-25-17-9-3-10-18-25)30(32-26-19-11-4-12-20-26)22-28(27)24-15-7-2-8-16-24;19-18-12-16(14-7-3-1-4-8-14)11-17(13-18)15-9-5-2-6-10-15/h1-22,31-32H;1-13H,19H2. The third-order valence-electron chi connectivity index (χ3n) is 8.60. The van der Waals surface area contributed by atoms with Gasteiger partial charge < -0.3 is 10.6 Å². The zero-order chi connectivity index (χ0) is 34.7. The first kappa shape index (κ1) is 33.3. The Balaban J connectivity index is 0.000000182. The van der Waals surface area contributed by atoms with Crippen molar-refractivity contribution in [3.63, 3.8) is 0 Å². The van der Waals surface area contributed by atoms with E-state index < -0.39 is 0 Å². The Morgan fingerprint density at radius 3 is 0.902 bits per heavy atom. The van der Waals surface area contributed by atoms with Gasteiger partial charge in [-0.05, 0) is 104 Å². The molecule has 0 aliphatic carbocycles. The average Bonchev–Trinajstić information content (AvgIpc) is 3.20. The molecule has 0 heterocycles. The van der Waals surface area contributed by atoms with Crippen molar-refractivity contribution < 1.29 is 0 Å². The van der Waals surface area contributed by atoms with Crippen LogP contribution in [0.2, 0.25) is 0 Å². The summed E-state index contributed by atoms with van der Waals surface area (Å²) in [5.74, 6) is 0. The van der Waals surface area contributed by atoms with Gasteiger partial charge in [-0.15, -0.1) is 9.24 Å². The largest absolute Gasteiger partial charge is 0.354 e. The first-order valence-corrected chi connectivity index (χ1v) is 17.7. The monoisotopic (exact) mass is 674 g/mol. The second-order valence-electron chi connectivity index (χ2n) is 12.2. The first-order valence-electron chi connectivity index (χ1n) is 17.1. The van der Waals surface area contributed by atoms with Crippen molar-refractivity contribution in [1.82, 2.24) is 0 Å². The van der Waals surface area contributed by atoms with Crippen LogP contribution in [-0.4, -0.2) is 0 Å². The molecule has 0 aliphatic heterocycles. The molecule has 0 spiro atoms. The lowest BCUT2D eigenvalue weighted by molar-refractivity contribution is 1.49. The van der Waals surface area contributed by atoms with E-state index >= 15 is 0 Å². The molecule has 8 rings (SSSR count). The predicted octanol–water partition coefficient (Wildman–Crippen LogP) is 13.0. The summed E-state index contributed by atoms with van der Waals surface area (Å²) in [6, 6.07) is 73.8. The normalized spacial score (nSPS) is 10.5. The van der Waals surface area contributed by atoms with E-state index in [4.69, 9.17) is 0 Å². The number of hydrogen-bond donors (Lipinski definition) is 2. The van der Waals surface area contributed by atoms with Crippen molar-refractivity contribution in [1.29, 1.82) is 0 Å². The highest BCUT2D eigenvalue weighted by Crippen LogP contribution is 2.40. The number of hydrogen-bond acceptors (Lipinski definition) is 2. The zero-order valence-electron chi connectivity index (χ0n) is 28.3. The van der Waals surface area contributed by atoms with Crippen molar-refractivity contribution in [3.05, 3.63) is 212 Å². The number of rotatable bonds is 8. The Morgan fingerprint density at radius 1 is 0.275 bits per heavy atom. The lowest BCUT2D eigenvalue weighted by Crippen LogP contribution is -2.00. The highest BCUT2D eigenvalue weighted by Gasteiger charge is 2.14. The number of nitrogens with one attached hydrogen (secondary N) is 2. The van der Waals surface area contributed by atoms with Gasteiger partial charge in [-0.3, -0.25) is 0 Å². The molecule has 2 nitrogen and oxygen atoms in total. The smallest absolute Gasteiger partial charge is 0.0630 e. The molecule has 246 valence electrons. The van der Waals surface area contributed by atoms with Gasteiger partial charge in [0.2, 0.25) is 0 Å². The molecule has 0 fully saturated rings. The number of para-hydroxylation sites is 2. The minimum atomic E-state index is 1.03. The van der Waals surface area contributed by atoms with Gasteiger partial charge in [0.05, 0.1) is 11.4 Å². The molecule has 3 heteroatoms. The summed E-state index contributed by atoms with van der Waals surface area (Å²) in [5.41, 5.74) is 13.9. The molecule has 0 saturated heterocycles. The lowest BCUT2D eigenvalue weighted by Gasteiger charge is -2.20. The Bertz CT molecular complexity index is 2110. The molecule has 8 aromatic carbocycles. The van der Waals surface area contributed by atoms with Gasteiger partial charge in [0.1, 0.15) is 0 Å². The van der Waals surface area contributed by atoms with Crippen LogP contribution in [0.3, 0.4) is 0 Å². The van der Waals surface area contributed by atoms with E-state index in [1.54, 1.807) is 0 Å². The molecule has 0 amide bonds. The fourth-order valence-electron chi connectivity index (χ4n) is 6.12. The van der Waals surface area contributed by atoms with E-state index in [-0.39, 0.29) is 0 Å². The second kappa shape index (κ2) is 16.5. The number of benzene rings is 8. The Morgan fingerprint density at radius 2 is 0.569 bits per heavy atom.